The van der Waals surface area contributed by atoms with E-state index in [2.05, 4.69) is 0 Å². The Morgan fingerprint density at radius 2 is 2.14 bits per heavy atom. The lowest BCUT2D eigenvalue weighted by Crippen LogP contribution is -3.00. The van der Waals surface area contributed by atoms with E-state index in [1.807, 2.05) is 0 Å². The number of aryl methyl sites for hydroxylation is 1. The van der Waals surface area contributed by atoms with Gasteiger partial charge in [-0.2, -0.15) is 4.79 Å². The average molecular weight is 326 g/mol. The van der Waals surface area contributed by atoms with E-state index in [9.17, 15) is 14.9 Å². The number of nitro groups is 1. The minimum atomic E-state index is -0.513. The summed E-state index contributed by atoms with van der Waals surface area (Å²) in [4.78, 5) is 22.4. The number of rotatable bonds is 4. The number of para-hydroxylation sites is 1. The molecule has 0 radical (unpaired) electrons. The number of carbonyl (C=O) groups excluding carboxylic acids is 1. The molecular formula is C14H16ClN3O4. The maximum Gasteiger partial charge on any atom is 0.511 e. The molecule has 0 aliphatic rings. The molecule has 2 rings (SSSR count). The molecule has 1 atom stereocenters. The van der Waals surface area contributed by atoms with Crippen molar-refractivity contribution >= 4 is 11.8 Å². The smallest absolute Gasteiger partial charge is 0.511 e. The van der Waals surface area contributed by atoms with Crippen LogP contribution in [0.15, 0.2) is 43.0 Å². The molecule has 0 bridgehead atoms. The lowest BCUT2D eigenvalue weighted by molar-refractivity contribution is -0.670. The van der Waals surface area contributed by atoms with Crippen molar-refractivity contribution in [3.05, 3.63) is 58.7 Å². The quantitative estimate of drug-likeness (QED) is 0.411. The largest absolute Gasteiger partial charge is 1.00 e. The van der Waals surface area contributed by atoms with Gasteiger partial charge in [-0.1, -0.05) is 25.1 Å². The van der Waals surface area contributed by atoms with E-state index < -0.39 is 11.0 Å². The van der Waals surface area contributed by atoms with Crippen molar-refractivity contribution in [2.75, 3.05) is 6.61 Å². The van der Waals surface area contributed by atoms with Crippen LogP contribution in [0.4, 0.5) is 10.5 Å². The molecule has 1 heterocycles. The summed E-state index contributed by atoms with van der Waals surface area (Å²) in [5.74, 6) is -0.264. The van der Waals surface area contributed by atoms with E-state index in [4.69, 9.17) is 4.74 Å². The molecule has 8 heteroatoms. The predicted molar refractivity (Wildman–Crippen MR) is 73.9 cm³/mol. The first kappa shape index (κ1) is 17.6. The van der Waals surface area contributed by atoms with Crippen molar-refractivity contribution in [3.63, 3.8) is 0 Å². The lowest BCUT2D eigenvalue weighted by Gasteiger charge is -2.11. The number of halogens is 1. The summed E-state index contributed by atoms with van der Waals surface area (Å²) < 4.78 is 8.21. The maximum atomic E-state index is 11.8. The monoisotopic (exact) mass is 325 g/mol. The Bertz CT molecular complexity index is 672. The molecule has 0 amide bonds. The minimum absolute atomic E-state index is 0. The van der Waals surface area contributed by atoms with Crippen LogP contribution in [0.2, 0.25) is 0 Å². The van der Waals surface area contributed by atoms with Crippen molar-refractivity contribution < 1.29 is 31.4 Å². The topological polar surface area (TPSA) is 78.2 Å². The number of aromatic nitrogens is 2. The minimum Gasteiger partial charge on any atom is -1.00 e. The number of hydrogen-bond acceptors (Lipinski definition) is 4. The number of carbonyl (C=O) groups is 1. The first-order valence-electron chi connectivity index (χ1n) is 6.42. The molecular weight excluding hydrogens is 310 g/mol. The molecule has 0 N–H and O–H groups in total. The molecule has 1 aromatic carbocycles. The van der Waals surface area contributed by atoms with Gasteiger partial charge in [-0.3, -0.25) is 10.1 Å². The van der Waals surface area contributed by atoms with Crippen LogP contribution >= 0.6 is 0 Å². The highest BCUT2D eigenvalue weighted by Crippen LogP contribution is 2.26. The van der Waals surface area contributed by atoms with Crippen LogP contribution in [0.25, 0.3) is 0 Å². The van der Waals surface area contributed by atoms with Gasteiger partial charge in [0.1, 0.15) is 19.0 Å². The van der Waals surface area contributed by atoms with Gasteiger partial charge in [0.25, 0.3) is 12.0 Å². The molecule has 2 aromatic rings. The van der Waals surface area contributed by atoms with Gasteiger partial charge < -0.3 is 17.1 Å². The third-order valence-electron chi connectivity index (χ3n) is 3.10. The Hall–Kier alpha value is -2.41. The number of benzene rings is 1. The molecule has 22 heavy (non-hydrogen) atoms. The number of ether oxygens (including phenoxy) is 1. The molecule has 0 aliphatic carbocycles. The van der Waals surface area contributed by atoms with Gasteiger partial charge in [-0.15, -0.1) is 4.57 Å². The van der Waals surface area contributed by atoms with Gasteiger partial charge >= 0.3 is 6.09 Å². The van der Waals surface area contributed by atoms with Crippen molar-refractivity contribution in [1.82, 2.24) is 4.57 Å². The van der Waals surface area contributed by atoms with Gasteiger partial charge in [0.15, 0.2) is 0 Å². The summed E-state index contributed by atoms with van der Waals surface area (Å²) in [6.07, 6.45) is 4.36. The Kier molecular flexibility index (Phi) is 6.06. The fourth-order valence-electron chi connectivity index (χ4n) is 1.99. The zero-order valence-electron chi connectivity index (χ0n) is 12.2. The van der Waals surface area contributed by atoms with E-state index >= 15 is 0 Å². The summed E-state index contributed by atoms with van der Waals surface area (Å²) in [5, 5.41) is 11.0. The van der Waals surface area contributed by atoms with Crippen molar-refractivity contribution in [2.24, 2.45) is 7.05 Å². The third-order valence-corrected chi connectivity index (χ3v) is 3.10. The Labute approximate surface area is 133 Å². The van der Waals surface area contributed by atoms with Crippen LogP contribution in [0.1, 0.15) is 18.4 Å². The van der Waals surface area contributed by atoms with Gasteiger partial charge in [-0.05, 0) is 0 Å². The number of nitrogens with zero attached hydrogens (tertiary/aromatic N) is 3. The van der Waals surface area contributed by atoms with Crippen LogP contribution in [-0.4, -0.2) is 22.2 Å². The summed E-state index contributed by atoms with van der Waals surface area (Å²) in [6, 6.07) is 6.46. The first-order chi connectivity index (χ1) is 9.99. The van der Waals surface area contributed by atoms with Gasteiger partial charge in [0, 0.05) is 17.5 Å². The lowest BCUT2D eigenvalue weighted by atomic mass is 10.0. The van der Waals surface area contributed by atoms with Crippen LogP contribution in [0.3, 0.4) is 0 Å². The summed E-state index contributed by atoms with van der Waals surface area (Å²) in [7, 11) is 1.79. The second-order valence-electron chi connectivity index (χ2n) is 4.78. The second-order valence-corrected chi connectivity index (χ2v) is 4.78. The zero-order valence-corrected chi connectivity index (χ0v) is 12.9. The summed E-state index contributed by atoms with van der Waals surface area (Å²) in [5.41, 5.74) is 0.585. The predicted octanol–water partition coefficient (Wildman–Crippen LogP) is -0.987. The van der Waals surface area contributed by atoms with Crippen LogP contribution < -0.4 is 17.0 Å². The molecule has 0 fully saturated rings. The first-order valence-corrected chi connectivity index (χ1v) is 6.42. The van der Waals surface area contributed by atoms with Gasteiger partial charge in [0.2, 0.25) is 0 Å². The maximum absolute atomic E-state index is 11.8. The van der Waals surface area contributed by atoms with E-state index in [1.165, 1.54) is 10.6 Å². The molecule has 0 aliphatic heterocycles. The van der Waals surface area contributed by atoms with Crippen LogP contribution in [-0.2, 0) is 11.8 Å². The highest BCUT2D eigenvalue weighted by atomic mass is 35.5. The van der Waals surface area contributed by atoms with Crippen molar-refractivity contribution in [3.8, 4) is 0 Å². The Balaban J connectivity index is 0.00000242. The Morgan fingerprint density at radius 1 is 1.45 bits per heavy atom. The van der Waals surface area contributed by atoms with E-state index in [0.717, 1.165) is 0 Å². The van der Waals surface area contributed by atoms with E-state index in [-0.39, 0.29) is 30.6 Å². The van der Waals surface area contributed by atoms with Crippen LogP contribution in [0.5, 0.6) is 0 Å². The van der Waals surface area contributed by atoms with E-state index in [1.54, 1.807) is 55.5 Å². The highest BCUT2D eigenvalue weighted by molar-refractivity contribution is 5.69. The normalized spacial score (nSPS) is 11.4. The fraction of sp³-hybridized carbons (Fsp3) is 0.286. The van der Waals surface area contributed by atoms with E-state index in [0.29, 0.717) is 5.56 Å². The molecule has 0 saturated heterocycles. The molecule has 0 saturated carbocycles. The van der Waals surface area contributed by atoms with Crippen LogP contribution in [0, 0.1) is 10.1 Å². The molecule has 0 spiro atoms. The summed E-state index contributed by atoms with van der Waals surface area (Å²) >= 11 is 0. The van der Waals surface area contributed by atoms with Crippen molar-refractivity contribution in [2.45, 2.75) is 12.8 Å². The molecule has 1 aromatic heterocycles. The molecule has 1 unspecified atom stereocenters. The number of nitro benzene ring substituents is 1. The Morgan fingerprint density at radius 3 is 2.73 bits per heavy atom. The second kappa shape index (κ2) is 7.56. The molecule has 118 valence electrons. The van der Waals surface area contributed by atoms with Gasteiger partial charge in [-0.25, -0.2) is 4.57 Å². The number of hydrogen-bond donors (Lipinski definition) is 0. The SMILES string of the molecule is CC(COC(=O)n1cc[n+](C)c1)c1ccccc1[N+](=O)[O-].[Cl-]. The summed E-state index contributed by atoms with van der Waals surface area (Å²) in [6.45, 7) is 1.86. The average Bonchev–Trinajstić information content (AvgIpc) is 2.91. The zero-order chi connectivity index (χ0) is 15.4. The van der Waals surface area contributed by atoms with Crippen molar-refractivity contribution in [1.29, 1.82) is 0 Å². The highest BCUT2D eigenvalue weighted by Gasteiger charge is 2.21. The van der Waals surface area contributed by atoms with Gasteiger partial charge in [0.05, 0.1) is 12.0 Å². The standard InChI is InChI=1S/C14H16N3O4.ClH/c1-11(12-5-3-4-6-13(12)17(19)20)9-21-14(18)16-8-7-15(2)10-16;/h3-8,10-11H,9H2,1-2H3;1H/q+1;/p-1. The number of imidazole rings is 1. The third kappa shape index (κ3) is 4.05. The molecule has 7 nitrogen and oxygen atoms in total. The fourth-order valence-corrected chi connectivity index (χ4v) is 1.99.